The molecule has 0 heterocycles. The van der Waals surface area contributed by atoms with E-state index in [4.69, 9.17) is 0 Å². The molecule has 0 saturated carbocycles. The minimum atomic E-state index is -4.79. The monoisotopic (exact) mass is 337 g/mol. The molecule has 2 rings (SSSR count). The molecule has 1 amide bonds. The van der Waals surface area contributed by atoms with Crippen molar-refractivity contribution in [3.05, 3.63) is 65.5 Å². The maximum atomic E-state index is 13.3. The first-order chi connectivity index (χ1) is 11.3. The van der Waals surface area contributed by atoms with Gasteiger partial charge in [-0.2, -0.15) is 0 Å². The fourth-order valence-corrected chi connectivity index (χ4v) is 1.74. The summed E-state index contributed by atoms with van der Waals surface area (Å²) in [5.41, 5.74) is 0.359. The van der Waals surface area contributed by atoms with Crippen LogP contribution in [0.5, 0.6) is 5.75 Å². The van der Waals surface area contributed by atoms with E-state index in [2.05, 4.69) is 21.9 Å². The third kappa shape index (κ3) is 5.32. The summed E-state index contributed by atoms with van der Waals surface area (Å²) in [5, 5.41) is 2.46. The smallest absolute Gasteiger partial charge is 0.406 e. The number of alkyl halides is 3. The highest BCUT2D eigenvalue weighted by Gasteiger charge is 2.31. The molecule has 2 aromatic rings. The molecule has 7 heteroatoms. The van der Waals surface area contributed by atoms with Gasteiger partial charge in [0.25, 0.3) is 5.91 Å². The van der Waals surface area contributed by atoms with Crippen molar-refractivity contribution in [1.29, 1.82) is 0 Å². The average molecular weight is 337 g/mol. The van der Waals surface area contributed by atoms with Crippen molar-refractivity contribution in [2.24, 2.45) is 0 Å². The molecule has 24 heavy (non-hydrogen) atoms. The first-order valence-electron chi connectivity index (χ1n) is 6.72. The molecule has 0 radical (unpaired) electrons. The van der Waals surface area contributed by atoms with Crippen LogP contribution in [0.1, 0.15) is 15.9 Å². The highest BCUT2D eigenvalue weighted by molar-refractivity contribution is 5.94. The van der Waals surface area contributed by atoms with Crippen LogP contribution in [0.25, 0.3) is 0 Å². The number of amides is 1. The number of hydrogen-bond donors (Lipinski definition) is 1. The summed E-state index contributed by atoms with van der Waals surface area (Å²) in [7, 11) is 0. The number of halogens is 4. The van der Waals surface area contributed by atoms with Crippen LogP contribution < -0.4 is 10.1 Å². The number of hydrogen-bond acceptors (Lipinski definition) is 2. The Hall–Kier alpha value is -3.01. The normalized spacial score (nSPS) is 10.5. The maximum absolute atomic E-state index is 13.3. The lowest BCUT2D eigenvalue weighted by Crippen LogP contribution is -2.23. The van der Waals surface area contributed by atoms with Crippen molar-refractivity contribution < 1.29 is 27.1 Å². The van der Waals surface area contributed by atoms with Gasteiger partial charge >= 0.3 is 6.36 Å². The van der Waals surface area contributed by atoms with Crippen molar-refractivity contribution in [1.82, 2.24) is 5.32 Å². The quantitative estimate of drug-likeness (QED) is 0.688. The predicted octanol–water partition coefficient (Wildman–Crippen LogP) is 3.51. The van der Waals surface area contributed by atoms with Crippen LogP contribution in [0.3, 0.4) is 0 Å². The van der Waals surface area contributed by atoms with E-state index >= 15 is 0 Å². The minimum absolute atomic E-state index is 0.0338. The number of nitrogens with one attached hydrogen (secondary N) is 1. The molecule has 0 atom stereocenters. The molecule has 0 aliphatic carbocycles. The van der Waals surface area contributed by atoms with E-state index in [0.717, 1.165) is 12.1 Å². The molecule has 0 aromatic heterocycles. The van der Waals surface area contributed by atoms with Crippen LogP contribution in [0.15, 0.2) is 48.5 Å². The summed E-state index contributed by atoms with van der Waals surface area (Å²) in [5.74, 6) is 3.76. The Kier molecular flexibility index (Phi) is 5.42. The lowest BCUT2D eigenvalue weighted by molar-refractivity contribution is -0.274. The Balaban J connectivity index is 1.90. The van der Waals surface area contributed by atoms with Gasteiger partial charge in [-0.15, -0.1) is 13.2 Å². The van der Waals surface area contributed by atoms with Gasteiger partial charge in [0.15, 0.2) is 0 Å². The zero-order valence-corrected chi connectivity index (χ0v) is 12.2. The topological polar surface area (TPSA) is 38.3 Å². The van der Waals surface area contributed by atoms with Crippen LogP contribution in [0.2, 0.25) is 0 Å². The van der Waals surface area contributed by atoms with Gasteiger partial charge in [-0.1, -0.05) is 24.0 Å². The van der Waals surface area contributed by atoms with Gasteiger partial charge in [-0.25, -0.2) is 4.39 Å². The molecule has 2 aromatic carbocycles. The second kappa shape index (κ2) is 7.51. The first kappa shape index (κ1) is 17.3. The zero-order chi connectivity index (χ0) is 17.6. The highest BCUT2D eigenvalue weighted by atomic mass is 19.4. The van der Waals surface area contributed by atoms with Crippen molar-refractivity contribution in [2.45, 2.75) is 6.36 Å². The second-order valence-electron chi connectivity index (χ2n) is 4.54. The van der Waals surface area contributed by atoms with E-state index in [9.17, 15) is 22.4 Å². The van der Waals surface area contributed by atoms with Crippen molar-refractivity contribution in [3.63, 3.8) is 0 Å². The molecule has 3 nitrogen and oxygen atoms in total. The standard InChI is InChI=1S/C17H11F4NO2/c18-15-6-2-1-4-12(15)5-3-11-22-16(23)13-7-9-14(10-8-13)24-17(19,20)21/h1-2,4,6-10H,11H2,(H,22,23). The Morgan fingerprint density at radius 1 is 1.08 bits per heavy atom. The molecule has 0 unspecified atom stereocenters. The molecule has 0 aliphatic rings. The van der Waals surface area contributed by atoms with Gasteiger partial charge in [0.1, 0.15) is 11.6 Å². The molecule has 1 N–H and O–H groups in total. The van der Waals surface area contributed by atoms with E-state index in [1.54, 1.807) is 6.07 Å². The predicted molar refractivity (Wildman–Crippen MR) is 78.7 cm³/mol. The van der Waals surface area contributed by atoms with E-state index in [-0.39, 0.29) is 17.7 Å². The summed E-state index contributed by atoms with van der Waals surface area (Å²) < 4.78 is 53.1. The largest absolute Gasteiger partial charge is 0.573 e. The van der Waals surface area contributed by atoms with Crippen molar-refractivity contribution >= 4 is 5.91 Å². The number of rotatable bonds is 3. The fourth-order valence-electron chi connectivity index (χ4n) is 1.74. The molecular weight excluding hydrogens is 326 g/mol. The van der Waals surface area contributed by atoms with Gasteiger partial charge in [0.05, 0.1) is 12.1 Å². The molecule has 124 valence electrons. The van der Waals surface area contributed by atoms with Gasteiger partial charge in [-0.3, -0.25) is 4.79 Å². The zero-order valence-electron chi connectivity index (χ0n) is 12.2. The van der Waals surface area contributed by atoms with Gasteiger partial charge in [-0.05, 0) is 36.4 Å². The van der Waals surface area contributed by atoms with Crippen LogP contribution in [-0.2, 0) is 0 Å². The molecule has 0 aliphatic heterocycles. The highest BCUT2D eigenvalue weighted by Crippen LogP contribution is 2.22. The van der Waals surface area contributed by atoms with Gasteiger partial charge in [0, 0.05) is 5.56 Å². The molecule has 0 spiro atoms. The Morgan fingerprint density at radius 2 is 1.75 bits per heavy atom. The summed E-state index contributed by atoms with van der Waals surface area (Å²) in [6.45, 7) is -0.0338. The van der Waals surface area contributed by atoms with Crippen LogP contribution in [0, 0.1) is 17.7 Å². The van der Waals surface area contributed by atoms with Crippen LogP contribution >= 0.6 is 0 Å². The van der Waals surface area contributed by atoms with E-state index < -0.39 is 23.8 Å². The van der Waals surface area contributed by atoms with E-state index in [1.165, 1.54) is 30.3 Å². The lowest BCUT2D eigenvalue weighted by Gasteiger charge is -2.09. The third-order valence-corrected chi connectivity index (χ3v) is 2.78. The van der Waals surface area contributed by atoms with Crippen molar-refractivity contribution in [2.75, 3.05) is 6.54 Å². The van der Waals surface area contributed by atoms with Crippen LogP contribution in [0.4, 0.5) is 17.6 Å². The van der Waals surface area contributed by atoms with Crippen molar-refractivity contribution in [3.8, 4) is 17.6 Å². The Morgan fingerprint density at radius 3 is 2.38 bits per heavy atom. The number of carbonyl (C=O) groups is 1. The molecule has 0 saturated heterocycles. The van der Waals surface area contributed by atoms with Crippen LogP contribution in [-0.4, -0.2) is 18.8 Å². The summed E-state index contributed by atoms with van der Waals surface area (Å²) in [6.07, 6.45) is -4.79. The van der Waals surface area contributed by atoms with E-state index in [1.807, 2.05) is 0 Å². The minimum Gasteiger partial charge on any atom is -0.406 e. The maximum Gasteiger partial charge on any atom is 0.573 e. The third-order valence-electron chi connectivity index (χ3n) is 2.78. The fraction of sp³-hybridized carbons (Fsp3) is 0.118. The first-order valence-corrected chi connectivity index (χ1v) is 6.72. The van der Waals surface area contributed by atoms with Gasteiger partial charge in [0.2, 0.25) is 0 Å². The summed E-state index contributed by atoms with van der Waals surface area (Å²) >= 11 is 0. The summed E-state index contributed by atoms with van der Waals surface area (Å²) in [6, 6.07) is 10.4. The number of benzene rings is 2. The number of carbonyl (C=O) groups excluding carboxylic acids is 1. The molecule has 0 fully saturated rings. The Labute approximate surface area is 135 Å². The summed E-state index contributed by atoms with van der Waals surface area (Å²) in [4.78, 5) is 11.8. The Bertz CT molecular complexity index is 774. The molecular formula is C17H11F4NO2. The number of ether oxygens (including phenoxy) is 1. The van der Waals surface area contributed by atoms with E-state index in [0.29, 0.717) is 0 Å². The second-order valence-corrected chi connectivity index (χ2v) is 4.54. The van der Waals surface area contributed by atoms with Gasteiger partial charge < -0.3 is 10.1 Å². The average Bonchev–Trinajstić information content (AvgIpc) is 2.52. The SMILES string of the molecule is O=C(NCC#Cc1ccccc1F)c1ccc(OC(F)(F)F)cc1. The lowest BCUT2D eigenvalue weighted by atomic mass is 10.2. The molecule has 0 bridgehead atoms.